The number of hydrogen-bond acceptors (Lipinski definition) is 1. The quantitative estimate of drug-likeness (QED) is 0.504. The molecule has 0 saturated heterocycles. The molecule has 3 rings (SSSR count). The summed E-state index contributed by atoms with van der Waals surface area (Å²) in [4.78, 5) is 0.819. The molecule has 1 unspecified atom stereocenters. The van der Waals surface area contributed by atoms with Gasteiger partial charge in [0.05, 0.1) is 0 Å². The van der Waals surface area contributed by atoms with Gasteiger partial charge in [-0.25, -0.2) is 4.39 Å². The molecule has 1 aliphatic carbocycles. The van der Waals surface area contributed by atoms with Crippen LogP contribution in [-0.2, 0) is 10.8 Å². The normalized spacial score (nSPS) is 14.6. The highest BCUT2D eigenvalue weighted by Crippen LogP contribution is 2.41. The van der Waals surface area contributed by atoms with E-state index in [1.54, 1.807) is 12.3 Å². The van der Waals surface area contributed by atoms with E-state index in [0.29, 0.717) is 0 Å². The van der Waals surface area contributed by atoms with Gasteiger partial charge >= 0.3 is 0 Å². The molecule has 1 nitrogen and oxygen atoms in total. The van der Waals surface area contributed by atoms with Gasteiger partial charge in [0.25, 0.3) is 0 Å². The smallest absolute Gasteiger partial charge is 0.123 e. The molecule has 28 heavy (non-hydrogen) atoms. The largest absolute Gasteiger partial charge is 0.255 e. The molecular weight excluding hydrogens is 367 g/mol. The van der Waals surface area contributed by atoms with Crippen molar-refractivity contribution in [2.24, 2.45) is 0 Å². The maximum Gasteiger partial charge on any atom is 0.123 e. The summed E-state index contributed by atoms with van der Waals surface area (Å²) in [5, 5.41) is 0. The summed E-state index contributed by atoms with van der Waals surface area (Å²) in [5.41, 5.74) is 6.50. The molecule has 3 heteroatoms. The van der Waals surface area contributed by atoms with Crippen LogP contribution in [0.15, 0.2) is 52.9 Å². The molecule has 0 aliphatic heterocycles. The molecule has 0 N–H and O–H groups in total. The second-order valence-corrected chi connectivity index (χ2v) is 8.31. The minimum Gasteiger partial charge on any atom is -0.255 e. The van der Waals surface area contributed by atoms with E-state index in [1.165, 1.54) is 24.5 Å². The maximum absolute atomic E-state index is 13.5. The van der Waals surface area contributed by atoms with Crippen LogP contribution in [0.4, 0.5) is 4.39 Å². The van der Waals surface area contributed by atoms with Crippen LogP contribution in [0.25, 0.3) is 17.2 Å². The molecule has 152 valence electrons. The van der Waals surface area contributed by atoms with Crippen molar-refractivity contribution in [1.82, 2.24) is 0 Å². The molecule has 0 saturated carbocycles. The average molecular weight is 401 g/mol. The fraction of sp³-hybridized carbons (Fsp3) is 0.360. The minimum absolute atomic E-state index is 0.207. The number of halogens is 1. The Balaban J connectivity index is 0.000000582. The van der Waals surface area contributed by atoms with Gasteiger partial charge in [-0.1, -0.05) is 58.7 Å². The van der Waals surface area contributed by atoms with Crippen LogP contribution >= 0.6 is 0 Å². The first-order chi connectivity index (χ1) is 13.3. The van der Waals surface area contributed by atoms with Gasteiger partial charge in [0, 0.05) is 22.0 Å². The maximum atomic E-state index is 13.5. The SMILES string of the molecule is CC1=C(C)c2cc(F)ccc2/C1=C\c1ccc(S(C)=O)cc1.CCC.CCC. The van der Waals surface area contributed by atoms with Crippen LogP contribution in [0, 0.1) is 5.82 Å². The molecule has 1 atom stereocenters. The zero-order valence-corrected chi connectivity index (χ0v) is 19.0. The number of fused-ring (bicyclic) bond motifs is 1. The molecule has 0 bridgehead atoms. The summed E-state index contributed by atoms with van der Waals surface area (Å²) in [5.74, 6) is -0.207. The van der Waals surface area contributed by atoms with Crippen LogP contribution in [0.2, 0.25) is 0 Å². The summed E-state index contributed by atoms with van der Waals surface area (Å²) >= 11 is 0. The fourth-order valence-electron chi connectivity index (χ4n) is 2.78. The Bertz CT molecular complexity index is 859. The zero-order chi connectivity index (χ0) is 21.3. The predicted octanol–water partition coefficient (Wildman–Crippen LogP) is 7.74. The fourth-order valence-corrected chi connectivity index (χ4v) is 3.30. The lowest BCUT2D eigenvalue weighted by Gasteiger charge is -2.05. The Morgan fingerprint density at radius 2 is 1.39 bits per heavy atom. The lowest BCUT2D eigenvalue weighted by atomic mass is 10.0. The predicted molar refractivity (Wildman–Crippen MR) is 123 cm³/mol. The standard InChI is InChI=1S/C19H17FOS.2C3H8/c1-12-13(2)19-11-15(20)6-9-17(19)18(12)10-14-4-7-16(8-5-14)22(3)21;2*1-3-2/h4-11H,1-3H3;2*3H2,1-2H3/b18-10-;;. The van der Waals surface area contributed by atoms with Gasteiger partial charge in [0.1, 0.15) is 5.82 Å². The molecule has 0 fully saturated rings. The molecule has 2 aromatic rings. The van der Waals surface area contributed by atoms with Gasteiger partial charge in [0.2, 0.25) is 0 Å². The molecule has 0 aromatic heterocycles. The summed E-state index contributed by atoms with van der Waals surface area (Å²) in [6.45, 7) is 12.6. The van der Waals surface area contributed by atoms with Gasteiger partial charge in [-0.15, -0.1) is 0 Å². The van der Waals surface area contributed by atoms with E-state index in [-0.39, 0.29) is 5.82 Å². The van der Waals surface area contributed by atoms with Crippen LogP contribution in [0.5, 0.6) is 0 Å². The van der Waals surface area contributed by atoms with Crippen molar-refractivity contribution in [3.8, 4) is 0 Å². The first-order valence-electron chi connectivity index (χ1n) is 9.93. The molecule has 0 radical (unpaired) electrons. The summed E-state index contributed by atoms with van der Waals surface area (Å²) in [6, 6.07) is 12.6. The van der Waals surface area contributed by atoms with E-state index >= 15 is 0 Å². The van der Waals surface area contributed by atoms with Gasteiger partial charge in [0.15, 0.2) is 0 Å². The van der Waals surface area contributed by atoms with Crippen LogP contribution in [0.3, 0.4) is 0 Å². The third-order valence-electron chi connectivity index (χ3n) is 4.17. The molecular formula is C25H33FOS. The topological polar surface area (TPSA) is 17.1 Å². The van der Waals surface area contributed by atoms with Crippen molar-refractivity contribution < 1.29 is 8.60 Å². The Labute approximate surface area is 172 Å². The molecule has 2 aromatic carbocycles. The summed E-state index contributed by atoms with van der Waals surface area (Å²) in [6.07, 6.45) is 6.27. The van der Waals surface area contributed by atoms with Crippen molar-refractivity contribution in [3.05, 3.63) is 70.5 Å². The Hall–Kier alpha value is -2.00. The third kappa shape index (κ3) is 6.27. The van der Waals surface area contributed by atoms with E-state index in [2.05, 4.69) is 40.7 Å². The van der Waals surface area contributed by atoms with Crippen molar-refractivity contribution in [3.63, 3.8) is 0 Å². The average Bonchev–Trinajstić information content (AvgIpc) is 2.88. The molecule has 0 heterocycles. The van der Waals surface area contributed by atoms with E-state index < -0.39 is 10.8 Å². The third-order valence-corrected chi connectivity index (χ3v) is 5.10. The van der Waals surface area contributed by atoms with Gasteiger partial charge in [-0.2, -0.15) is 0 Å². The number of rotatable bonds is 2. The second-order valence-electron chi connectivity index (χ2n) is 6.94. The van der Waals surface area contributed by atoms with E-state index in [4.69, 9.17) is 0 Å². The number of hydrogen-bond donors (Lipinski definition) is 0. The minimum atomic E-state index is -0.964. The van der Waals surface area contributed by atoms with Crippen LogP contribution in [-0.4, -0.2) is 10.5 Å². The van der Waals surface area contributed by atoms with Gasteiger partial charge < -0.3 is 0 Å². The van der Waals surface area contributed by atoms with Crippen molar-refractivity contribution in [1.29, 1.82) is 0 Å². The Morgan fingerprint density at radius 3 is 1.89 bits per heavy atom. The van der Waals surface area contributed by atoms with Crippen molar-refractivity contribution >= 4 is 28.0 Å². The van der Waals surface area contributed by atoms with Gasteiger partial charge in [-0.05, 0) is 77.6 Å². The van der Waals surface area contributed by atoms with Crippen LogP contribution < -0.4 is 0 Å². The van der Waals surface area contributed by atoms with Crippen LogP contribution in [0.1, 0.15) is 71.1 Å². The highest BCUT2D eigenvalue weighted by atomic mass is 32.2. The summed E-state index contributed by atoms with van der Waals surface area (Å²) < 4.78 is 24.9. The van der Waals surface area contributed by atoms with Crippen molar-refractivity contribution in [2.75, 3.05) is 6.26 Å². The number of allylic oxidation sites excluding steroid dienone is 3. The Kier molecular flexibility index (Phi) is 10.1. The highest BCUT2D eigenvalue weighted by Gasteiger charge is 2.21. The highest BCUT2D eigenvalue weighted by molar-refractivity contribution is 7.84. The van der Waals surface area contributed by atoms with Gasteiger partial charge in [-0.3, -0.25) is 4.21 Å². The molecule has 0 spiro atoms. The van der Waals surface area contributed by atoms with E-state index in [0.717, 1.165) is 32.7 Å². The second kappa shape index (κ2) is 11.8. The Morgan fingerprint density at radius 1 is 0.857 bits per heavy atom. The van der Waals surface area contributed by atoms with Crippen molar-refractivity contribution in [2.45, 2.75) is 59.3 Å². The van der Waals surface area contributed by atoms with E-state index in [9.17, 15) is 8.60 Å². The lowest BCUT2D eigenvalue weighted by Crippen LogP contribution is -1.88. The first kappa shape index (κ1) is 24.0. The lowest BCUT2D eigenvalue weighted by molar-refractivity contribution is 0.627. The molecule has 0 amide bonds. The van der Waals surface area contributed by atoms with E-state index in [1.807, 2.05) is 37.3 Å². The summed E-state index contributed by atoms with van der Waals surface area (Å²) in [7, 11) is -0.964. The number of benzene rings is 2. The zero-order valence-electron chi connectivity index (χ0n) is 18.2. The first-order valence-corrected chi connectivity index (χ1v) is 11.5. The monoisotopic (exact) mass is 400 g/mol. The molecule has 1 aliphatic rings.